The maximum atomic E-state index is 6.54. The lowest BCUT2D eigenvalue weighted by atomic mass is 9.94. The summed E-state index contributed by atoms with van der Waals surface area (Å²) in [7, 11) is 0. The average Bonchev–Trinajstić information content (AvgIpc) is 2.34. The average molecular weight is 383 g/mol. The van der Waals surface area contributed by atoms with E-state index in [9.17, 15) is 0 Å². The molecule has 0 heterocycles. The number of hydrogen-bond acceptors (Lipinski definition) is 0. The van der Waals surface area contributed by atoms with Crippen molar-refractivity contribution in [2.45, 2.75) is 79.1 Å². The monoisotopic (exact) mass is 382 g/mol. The Morgan fingerprint density at radius 2 is 1.17 bits per heavy atom. The molecule has 0 unspecified atom stereocenters. The van der Waals surface area contributed by atoms with E-state index in [2.05, 4.69) is 50.3 Å². The number of allylic oxidation sites excluding steroid dienone is 4. The van der Waals surface area contributed by atoms with Crippen LogP contribution in [0.25, 0.3) is 0 Å². The quantitative estimate of drug-likeness (QED) is 0.288. The van der Waals surface area contributed by atoms with E-state index >= 15 is 0 Å². The summed E-state index contributed by atoms with van der Waals surface area (Å²) < 4.78 is 1.52. The van der Waals surface area contributed by atoms with Crippen LogP contribution in [0.3, 0.4) is 0 Å². The molecule has 0 spiro atoms. The molecule has 106 valence electrons. The van der Waals surface area contributed by atoms with Crippen molar-refractivity contribution in [2.75, 3.05) is 0 Å². The highest BCUT2D eigenvalue weighted by molar-refractivity contribution is 14.1. The van der Waals surface area contributed by atoms with E-state index in [-0.39, 0.29) is 0 Å². The minimum atomic E-state index is 1.03. The first-order valence-corrected chi connectivity index (χ1v) is 8.83. The van der Waals surface area contributed by atoms with Crippen LogP contribution in [0.4, 0.5) is 0 Å². The van der Waals surface area contributed by atoms with Gasteiger partial charge in [0, 0.05) is 5.03 Å². The molecule has 18 heavy (non-hydrogen) atoms. The van der Waals surface area contributed by atoms with E-state index in [0.29, 0.717) is 0 Å². The summed E-state index contributed by atoms with van der Waals surface area (Å²) in [5, 5.41) is 1.10. The van der Waals surface area contributed by atoms with Gasteiger partial charge in [-0.25, -0.2) is 0 Å². The van der Waals surface area contributed by atoms with Gasteiger partial charge in [-0.2, -0.15) is 0 Å². The minimum absolute atomic E-state index is 1.03. The summed E-state index contributed by atoms with van der Waals surface area (Å²) >= 11 is 9.07. The van der Waals surface area contributed by atoms with Crippen LogP contribution >= 0.6 is 34.2 Å². The zero-order valence-corrected chi connectivity index (χ0v) is 15.3. The Kier molecular flexibility index (Phi) is 11.7. The largest absolute Gasteiger partial charge is 0.0888 e. The van der Waals surface area contributed by atoms with Crippen LogP contribution in [0.5, 0.6) is 0 Å². The maximum Gasteiger partial charge on any atom is 0.0215 e. The van der Waals surface area contributed by atoms with Crippen molar-refractivity contribution in [3.05, 3.63) is 19.8 Å². The van der Waals surface area contributed by atoms with Gasteiger partial charge in [0.1, 0.15) is 0 Å². The third kappa shape index (κ3) is 6.60. The fourth-order valence-corrected chi connectivity index (χ4v) is 3.67. The van der Waals surface area contributed by atoms with Crippen molar-refractivity contribution in [1.82, 2.24) is 0 Å². The third-order valence-corrected chi connectivity index (χ3v) is 4.57. The van der Waals surface area contributed by atoms with Crippen molar-refractivity contribution in [3.63, 3.8) is 0 Å². The topological polar surface area (TPSA) is 0 Å². The van der Waals surface area contributed by atoms with Gasteiger partial charge in [-0.1, -0.05) is 65.0 Å². The first kappa shape index (κ1) is 18.5. The fourth-order valence-electron chi connectivity index (χ4n) is 2.14. The van der Waals surface area contributed by atoms with Gasteiger partial charge in [-0.05, 0) is 63.0 Å². The minimum Gasteiger partial charge on any atom is -0.0888 e. The summed E-state index contributed by atoms with van der Waals surface area (Å²) in [5.41, 5.74) is 2.99. The maximum absolute atomic E-state index is 6.54. The number of hydrogen-bond donors (Lipinski definition) is 0. The molecular weight excluding hydrogens is 355 g/mol. The van der Waals surface area contributed by atoms with E-state index in [1.807, 2.05) is 0 Å². The summed E-state index contributed by atoms with van der Waals surface area (Å²) in [6, 6.07) is 0. The normalized spacial score (nSPS) is 14.3. The van der Waals surface area contributed by atoms with Crippen molar-refractivity contribution in [1.29, 1.82) is 0 Å². The summed E-state index contributed by atoms with van der Waals surface area (Å²) in [4.78, 5) is 0. The third-order valence-electron chi connectivity index (χ3n) is 2.96. The second kappa shape index (κ2) is 11.3. The van der Waals surface area contributed by atoms with E-state index in [1.165, 1.54) is 41.3 Å². The van der Waals surface area contributed by atoms with Gasteiger partial charge in [0.05, 0.1) is 0 Å². The fraction of sp³-hybridized carbons (Fsp3) is 0.750. The molecule has 0 saturated heterocycles. The number of rotatable bonds is 9. The van der Waals surface area contributed by atoms with Gasteiger partial charge in [0.25, 0.3) is 0 Å². The Morgan fingerprint density at radius 1 is 0.722 bits per heavy atom. The van der Waals surface area contributed by atoms with E-state index < -0.39 is 0 Å². The van der Waals surface area contributed by atoms with Crippen molar-refractivity contribution in [2.24, 2.45) is 0 Å². The highest BCUT2D eigenvalue weighted by Gasteiger charge is 2.12. The van der Waals surface area contributed by atoms with E-state index in [0.717, 1.165) is 24.3 Å². The molecule has 0 aliphatic heterocycles. The van der Waals surface area contributed by atoms with Gasteiger partial charge in [0.2, 0.25) is 0 Å². The Hall–Kier alpha value is 0.500. The Balaban J connectivity index is 5.35. The predicted octanol–water partition coefficient (Wildman–Crippen LogP) is 7.37. The smallest absolute Gasteiger partial charge is 0.0215 e. The zero-order valence-electron chi connectivity index (χ0n) is 12.4. The highest BCUT2D eigenvalue weighted by Crippen LogP contribution is 2.34. The molecule has 0 rings (SSSR count). The molecular formula is C16H28ClI. The van der Waals surface area contributed by atoms with E-state index in [1.54, 1.807) is 5.57 Å². The molecule has 0 fully saturated rings. The first-order valence-electron chi connectivity index (χ1n) is 7.37. The number of halogens is 2. The lowest BCUT2D eigenvalue weighted by Crippen LogP contribution is -1.97. The summed E-state index contributed by atoms with van der Waals surface area (Å²) in [6.45, 7) is 8.95. The van der Waals surface area contributed by atoms with Crippen LogP contribution in [0, 0.1) is 0 Å². The van der Waals surface area contributed by atoms with Gasteiger partial charge < -0.3 is 0 Å². The molecule has 0 aromatic rings. The molecule has 0 amide bonds. The Labute approximate surface area is 132 Å². The first-order chi connectivity index (χ1) is 8.62. The van der Waals surface area contributed by atoms with Crippen molar-refractivity contribution >= 4 is 34.2 Å². The SMILES string of the molecule is CCC/C(Cl)=C(CCC)/C(CCC)=C(\I)CCC. The van der Waals surface area contributed by atoms with Crippen molar-refractivity contribution < 1.29 is 0 Å². The molecule has 0 bridgehead atoms. The Bertz CT molecular complexity index is 259. The van der Waals surface area contributed by atoms with Crippen LogP contribution in [0.1, 0.15) is 79.1 Å². The highest BCUT2D eigenvalue weighted by atomic mass is 127. The second-order valence-corrected chi connectivity index (χ2v) is 6.53. The molecule has 2 heteroatoms. The standard InChI is InChI=1S/C16H28ClI/c1-5-9-13(15(17)11-7-3)14(10-6-2)16(18)12-8-4/h5-12H2,1-4H3/b15-13-,16-14-. The van der Waals surface area contributed by atoms with Crippen LogP contribution in [0.2, 0.25) is 0 Å². The van der Waals surface area contributed by atoms with Gasteiger partial charge in [-0.3, -0.25) is 0 Å². The van der Waals surface area contributed by atoms with E-state index in [4.69, 9.17) is 11.6 Å². The predicted molar refractivity (Wildman–Crippen MR) is 93.6 cm³/mol. The van der Waals surface area contributed by atoms with Gasteiger partial charge >= 0.3 is 0 Å². The van der Waals surface area contributed by atoms with Gasteiger partial charge in [0.15, 0.2) is 0 Å². The molecule has 0 atom stereocenters. The van der Waals surface area contributed by atoms with Crippen LogP contribution in [0.15, 0.2) is 19.8 Å². The van der Waals surface area contributed by atoms with Gasteiger partial charge in [-0.15, -0.1) is 0 Å². The summed E-state index contributed by atoms with van der Waals surface area (Å²) in [6.07, 6.45) is 9.26. The van der Waals surface area contributed by atoms with Crippen molar-refractivity contribution in [3.8, 4) is 0 Å². The second-order valence-electron chi connectivity index (χ2n) is 4.77. The molecule has 0 aliphatic carbocycles. The van der Waals surface area contributed by atoms with Crippen LogP contribution < -0.4 is 0 Å². The zero-order chi connectivity index (χ0) is 14.0. The molecule has 0 radical (unpaired) electrons. The lowest BCUT2D eigenvalue weighted by molar-refractivity contribution is 0.818. The lowest BCUT2D eigenvalue weighted by Gasteiger charge is -2.16. The summed E-state index contributed by atoms with van der Waals surface area (Å²) in [5.74, 6) is 0. The molecule has 0 aromatic heterocycles. The van der Waals surface area contributed by atoms with Crippen LogP contribution in [-0.4, -0.2) is 0 Å². The molecule has 0 N–H and O–H groups in total. The molecule has 0 aromatic carbocycles. The molecule has 0 nitrogen and oxygen atoms in total. The molecule has 0 saturated carbocycles. The molecule has 0 aliphatic rings. The Morgan fingerprint density at radius 3 is 1.61 bits per heavy atom. The van der Waals surface area contributed by atoms with Crippen LogP contribution in [-0.2, 0) is 0 Å².